The van der Waals surface area contributed by atoms with E-state index in [2.05, 4.69) is 37.0 Å². The number of aryl methyl sites for hydroxylation is 2. The zero-order valence-electron chi connectivity index (χ0n) is 17.5. The van der Waals surface area contributed by atoms with Crippen LogP contribution in [0.25, 0.3) is 11.3 Å². The molecule has 1 heterocycles. The minimum absolute atomic E-state index is 0.555. The van der Waals surface area contributed by atoms with Crippen LogP contribution < -0.4 is 19.0 Å². The molecule has 0 radical (unpaired) electrons. The predicted octanol–water partition coefficient (Wildman–Crippen LogP) is 4.27. The van der Waals surface area contributed by atoms with Crippen molar-refractivity contribution in [2.75, 3.05) is 28.4 Å². The van der Waals surface area contributed by atoms with E-state index in [4.69, 9.17) is 19.3 Å². The lowest BCUT2D eigenvalue weighted by Gasteiger charge is -2.14. The van der Waals surface area contributed by atoms with Crippen LogP contribution in [-0.2, 0) is 0 Å². The van der Waals surface area contributed by atoms with Crippen molar-refractivity contribution in [3.63, 3.8) is 0 Å². The van der Waals surface area contributed by atoms with Crippen LogP contribution in [0.3, 0.4) is 0 Å². The van der Waals surface area contributed by atoms with Crippen molar-refractivity contribution in [2.24, 2.45) is 10.1 Å². The van der Waals surface area contributed by atoms with Crippen LogP contribution >= 0.6 is 11.3 Å². The molecule has 0 aliphatic rings. The number of rotatable bonds is 6. The second kappa shape index (κ2) is 8.96. The molecule has 0 bridgehead atoms. The first-order valence-electron chi connectivity index (χ1n) is 9.07. The van der Waals surface area contributed by atoms with E-state index in [1.807, 2.05) is 28.4 Å². The second-order valence-electron chi connectivity index (χ2n) is 6.46. The van der Waals surface area contributed by atoms with Gasteiger partial charge in [0.1, 0.15) is 0 Å². The third kappa shape index (κ3) is 4.19. The minimum Gasteiger partial charge on any atom is -0.493 e. The molecule has 0 aliphatic heterocycles. The summed E-state index contributed by atoms with van der Waals surface area (Å²) in [6, 6.07) is 10.1. The van der Waals surface area contributed by atoms with Crippen LogP contribution in [0.1, 0.15) is 16.7 Å². The van der Waals surface area contributed by atoms with Gasteiger partial charge in [0.25, 0.3) is 0 Å². The molecule has 0 aliphatic carbocycles. The van der Waals surface area contributed by atoms with Crippen LogP contribution in [0.5, 0.6) is 17.2 Å². The molecule has 0 N–H and O–H groups in total. The molecule has 3 rings (SSSR count). The van der Waals surface area contributed by atoms with E-state index in [-0.39, 0.29) is 0 Å². The molecule has 152 valence electrons. The van der Waals surface area contributed by atoms with Gasteiger partial charge in [-0.2, -0.15) is 5.10 Å². The second-order valence-corrected chi connectivity index (χ2v) is 7.29. The Morgan fingerprint density at radius 2 is 1.66 bits per heavy atom. The Morgan fingerprint density at radius 3 is 2.24 bits per heavy atom. The lowest BCUT2D eigenvalue weighted by atomic mass is 10.1. The van der Waals surface area contributed by atoms with Crippen molar-refractivity contribution in [1.82, 2.24) is 4.68 Å². The Bertz CT molecular complexity index is 1090. The largest absolute Gasteiger partial charge is 0.493 e. The Balaban J connectivity index is 2.15. The highest BCUT2D eigenvalue weighted by atomic mass is 32.1. The molecule has 29 heavy (non-hydrogen) atoms. The molecule has 0 unspecified atom stereocenters. The van der Waals surface area contributed by atoms with E-state index in [9.17, 15) is 0 Å². The lowest BCUT2D eigenvalue weighted by molar-refractivity contribution is 0.324. The summed E-state index contributed by atoms with van der Waals surface area (Å²) in [6.45, 7) is 4.15. The molecule has 0 atom stereocenters. The summed E-state index contributed by atoms with van der Waals surface area (Å²) >= 11 is 1.52. The molecule has 0 fully saturated rings. The SMILES string of the molecule is CN=c1scc(-c2cc(OC)c(OC)c(OC)c2)n1N=Cc1cc(C)ccc1C. The topological polar surface area (TPSA) is 57.3 Å². The quantitative estimate of drug-likeness (QED) is 0.569. The van der Waals surface area contributed by atoms with Gasteiger partial charge in [0.15, 0.2) is 11.5 Å². The lowest BCUT2D eigenvalue weighted by Crippen LogP contribution is -2.11. The number of aromatic nitrogens is 1. The van der Waals surface area contributed by atoms with Crippen LogP contribution in [0, 0.1) is 13.8 Å². The fourth-order valence-electron chi connectivity index (χ4n) is 3.01. The van der Waals surface area contributed by atoms with Gasteiger partial charge in [-0.05, 0) is 37.1 Å². The Hall–Kier alpha value is -3.06. The fraction of sp³-hybridized carbons (Fsp3) is 0.273. The Labute approximate surface area is 174 Å². The van der Waals surface area contributed by atoms with Crippen molar-refractivity contribution in [3.8, 4) is 28.5 Å². The highest BCUT2D eigenvalue weighted by molar-refractivity contribution is 7.07. The first-order valence-corrected chi connectivity index (χ1v) is 9.95. The van der Waals surface area contributed by atoms with Gasteiger partial charge in [-0.25, -0.2) is 4.68 Å². The van der Waals surface area contributed by atoms with Gasteiger partial charge in [0.2, 0.25) is 10.6 Å². The van der Waals surface area contributed by atoms with E-state index >= 15 is 0 Å². The Kier molecular flexibility index (Phi) is 6.39. The first-order chi connectivity index (χ1) is 14.0. The van der Waals surface area contributed by atoms with Gasteiger partial charge in [-0.15, -0.1) is 11.3 Å². The molecule has 0 amide bonds. The van der Waals surface area contributed by atoms with Crippen molar-refractivity contribution in [3.05, 3.63) is 57.2 Å². The summed E-state index contributed by atoms with van der Waals surface area (Å²) < 4.78 is 18.3. The summed E-state index contributed by atoms with van der Waals surface area (Å²) in [5, 5.41) is 6.75. The number of methoxy groups -OCH3 is 3. The smallest absolute Gasteiger partial charge is 0.205 e. The van der Waals surface area contributed by atoms with Crippen LogP contribution in [0.15, 0.2) is 45.8 Å². The van der Waals surface area contributed by atoms with Crippen molar-refractivity contribution >= 4 is 17.6 Å². The molecule has 0 saturated carbocycles. The maximum atomic E-state index is 5.50. The number of benzene rings is 2. The normalized spacial score (nSPS) is 11.9. The summed E-state index contributed by atoms with van der Waals surface area (Å²) in [5.41, 5.74) is 5.21. The van der Waals surface area contributed by atoms with E-state index in [0.717, 1.165) is 21.6 Å². The predicted molar refractivity (Wildman–Crippen MR) is 118 cm³/mol. The number of ether oxygens (including phenoxy) is 3. The summed E-state index contributed by atoms with van der Waals surface area (Å²) in [5.74, 6) is 1.74. The molecular formula is C22H25N3O3S. The minimum atomic E-state index is 0.555. The van der Waals surface area contributed by atoms with Crippen molar-refractivity contribution < 1.29 is 14.2 Å². The van der Waals surface area contributed by atoms with Gasteiger partial charge in [-0.1, -0.05) is 23.8 Å². The monoisotopic (exact) mass is 411 g/mol. The van der Waals surface area contributed by atoms with Gasteiger partial charge in [0, 0.05) is 18.0 Å². The number of hydrogen-bond donors (Lipinski definition) is 0. The highest BCUT2D eigenvalue weighted by Crippen LogP contribution is 2.41. The molecule has 1 aromatic heterocycles. The molecule has 2 aromatic carbocycles. The zero-order chi connectivity index (χ0) is 21.0. The van der Waals surface area contributed by atoms with E-state index in [1.54, 1.807) is 28.4 Å². The Morgan fingerprint density at radius 1 is 0.966 bits per heavy atom. The van der Waals surface area contributed by atoms with Gasteiger partial charge >= 0.3 is 0 Å². The number of nitrogens with zero attached hydrogens (tertiary/aromatic N) is 3. The molecule has 0 spiro atoms. The third-order valence-corrected chi connectivity index (χ3v) is 5.49. The van der Waals surface area contributed by atoms with Crippen LogP contribution in [-0.4, -0.2) is 39.3 Å². The highest BCUT2D eigenvalue weighted by Gasteiger charge is 2.16. The van der Waals surface area contributed by atoms with Crippen molar-refractivity contribution in [2.45, 2.75) is 13.8 Å². The average Bonchev–Trinajstić information content (AvgIpc) is 3.16. The van der Waals surface area contributed by atoms with E-state index in [0.29, 0.717) is 17.2 Å². The fourth-order valence-corrected chi connectivity index (χ4v) is 3.81. The summed E-state index contributed by atoms with van der Waals surface area (Å²) in [6.07, 6.45) is 1.87. The standard InChI is InChI=1S/C22H25N3O3S/c1-14-7-8-15(2)17(9-14)12-24-25-18(13-29-22(25)23-3)16-10-19(26-4)21(28-6)20(11-16)27-5/h7-13H,1-6H3. The molecule has 7 heteroatoms. The van der Waals surface area contributed by atoms with Crippen LogP contribution in [0.4, 0.5) is 0 Å². The van der Waals surface area contributed by atoms with Gasteiger partial charge < -0.3 is 14.2 Å². The molecular weight excluding hydrogens is 386 g/mol. The van der Waals surface area contributed by atoms with Gasteiger partial charge in [0.05, 0.1) is 33.2 Å². The maximum Gasteiger partial charge on any atom is 0.205 e. The van der Waals surface area contributed by atoms with Crippen molar-refractivity contribution in [1.29, 1.82) is 0 Å². The van der Waals surface area contributed by atoms with Crippen LogP contribution in [0.2, 0.25) is 0 Å². The maximum absolute atomic E-state index is 5.50. The van der Waals surface area contributed by atoms with E-state index in [1.165, 1.54) is 22.5 Å². The zero-order valence-corrected chi connectivity index (χ0v) is 18.3. The number of hydrogen-bond acceptors (Lipinski definition) is 6. The summed E-state index contributed by atoms with van der Waals surface area (Å²) in [4.78, 5) is 5.16. The molecule has 6 nitrogen and oxygen atoms in total. The molecule has 3 aromatic rings. The van der Waals surface area contributed by atoms with E-state index < -0.39 is 0 Å². The summed E-state index contributed by atoms with van der Waals surface area (Å²) in [7, 11) is 6.56. The molecule has 0 saturated heterocycles. The third-order valence-electron chi connectivity index (χ3n) is 4.58. The number of thiazole rings is 1. The van der Waals surface area contributed by atoms with Gasteiger partial charge in [-0.3, -0.25) is 4.99 Å². The average molecular weight is 412 g/mol. The first kappa shape index (κ1) is 20.7.